The molecule has 0 atom stereocenters. The van der Waals surface area contributed by atoms with E-state index in [0.717, 1.165) is 0 Å². The third kappa shape index (κ3) is 3.66. The third-order valence-corrected chi connectivity index (χ3v) is 4.74. The number of hydrogen-bond donors (Lipinski definition) is 0. The predicted molar refractivity (Wildman–Crippen MR) is 115 cm³/mol. The second kappa shape index (κ2) is 8.40. The standard InChI is InChI=1S/C24H12N6.Pt/c1-26-24-22-12-4-10-20(29-22)18-8-2-6-16(27-18)15(14-25)17-7-3-9-19(28-17)21-11-5-13-23(24)30-21;/h2-13H;/q-2;+2. The summed E-state index contributed by atoms with van der Waals surface area (Å²) < 4.78 is 0. The SMILES string of the molecule is [C-]#[N+]C1=C2C=CC=C([N-]2)c2cccc(n2)C(C#N)=C2C=CC=C([N-]2)c2cccc1n2.[Pt+2]. The maximum atomic E-state index is 9.84. The van der Waals surface area contributed by atoms with E-state index in [1.54, 1.807) is 24.3 Å². The normalized spacial score (nSPS) is 15.8. The third-order valence-electron chi connectivity index (χ3n) is 4.74. The Morgan fingerprint density at radius 3 is 2.00 bits per heavy atom. The van der Waals surface area contributed by atoms with E-state index in [2.05, 4.69) is 31.5 Å². The first-order chi connectivity index (χ1) is 14.8. The van der Waals surface area contributed by atoms with Gasteiger partial charge >= 0.3 is 21.1 Å². The van der Waals surface area contributed by atoms with Crippen LogP contribution in [0.5, 0.6) is 0 Å². The van der Waals surface area contributed by atoms with Gasteiger partial charge in [0.25, 0.3) is 0 Å². The summed E-state index contributed by atoms with van der Waals surface area (Å²) in [4.78, 5) is 13.0. The maximum Gasteiger partial charge on any atom is 2.00 e. The van der Waals surface area contributed by atoms with Gasteiger partial charge < -0.3 is 10.6 Å². The summed E-state index contributed by atoms with van der Waals surface area (Å²) >= 11 is 0. The number of rotatable bonds is 0. The van der Waals surface area contributed by atoms with Crippen LogP contribution < -0.4 is 0 Å². The van der Waals surface area contributed by atoms with Crippen LogP contribution in [0.2, 0.25) is 0 Å². The van der Waals surface area contributed by atoms with Gasteiger partial charge in [0.1, 0.15) is 6.07 Å². The monoisotopic (exact) mass is 579 g/mol. The number of pyridine rings is 2. The fourth-order valence-electron chi connectivity index (χ4n) is 3.34. The summed E-state index contributed by atoms with van der Waals surface area (Å²) in [6.45, 7) is 7.72. The minimum Gasteiger partial charge on any atom is -0.666 e. The molecule has 0 radical (unpaired) electrons. The van der Waals surface area contributed by atoms with Crippen LogP contribution in [0.4, 0.5) is 0 Å². The van der Waals surface area contributed by atoms with Crippen molar-refractivity contribution in [3.8, 4) is 6.07 Å². The van der Waals surface area contributed by atoms with Gasteiger partial charge in [0.05, 0.1) is 23.5 Å². The van der Waals surface area contributed by atoms with Gasteiger partial charge in [-0.15, -0.1) is 22.8 Å². The summed E-state index contributed by atoms with van der Waals surface area (Å²) in [7, 11) is 0. The van der Waals surface area contributed by atoms with Gasteiger partial charge in [-0.25, -0.2) is 9.83 Å². The summed E-state index contributed by atoms with van der Waals surface area (Å²) in [5.41, 5.74) is 5.24. The number of aromatic nitrogens is 2. The van der Waals surface area contributed by atoms with Crippen molar-refractivity contribution < 1.29 is 21.1 Å². The van der Waals surface area contributed by atoms with E-state index >= 15 is 0 Å². The molecule has 0 unspecified atom stereocenters. The Morgan fingerprint density at radius 1 is 0.806 bits per heavy atom. The van der Waals surface area contributed by atoms with Gasteiger partial charge in [-0.2, -0.15) is 5.26 Å². The Morgan fingerprint density at radius 2 is 1.35 bits per heavy atom. The minimum absolute atomic E-state index is 0. The molecule has 148 valence electrons. The van der Waals surface area contributed by atoms with E-state index in [1.807, 2.05) is 48.6 Å². The Balaban J connectivity index is 0.00000231. The first-order valence-electron chi connectivity index (χ1n) is 9.19. The van der Waals surface area contributed by atoms with Crippen molar-refractivity contribution in [2.75, 3.05) is 0 Å². The van der Waals surface area contributed by atoms with Gasteiger partial charge in [-0.1, -0.05) is 48.6 Å². The van der Waals surface area contributed by atoms with E-state index in [9.17, 15) is 5.26 Å². The minimum atomic E-state index is 0. The summed E-state index contributed by atoms with van der Waals surface area (Å²) in [5, 5.41) is 19.2. The second-order valence-corrected chi connectivity index (χ2v) is 6.58. The molecular formula is C24H12N6Pt. The van der Waals surface area contributed by atoms with E-state index < -0.39 is 0 Å². The van der Waals surface area contributed by atoms with Gasteiger partial charge in [0.15, 0.2) is 5.70 Å². The smallest absolute Gasteiger partial charge is 0.666 e. The van der Waals surface area contributed by atoms with Crippen LogP contribution in [-0.4, -0.2) is 9.97 Å². The molecule has 2 aromatic heterocycles. The fraction of sp³-hybridized carbons (Fsp3) is 0. The Bertz CT molecular complexity index is 1250. The van der Waals surface area contributed by atoms with Crippen LogP contribution >= 0.6 is 0 Å². The van der Waals surface area contributed by atoms with Crippen molar-refractivity contribution in [3.63, 3.8) is 0 Å². The molecule has 0 spiro atoms. The summed E-state index contributed by atoms with van der Waals surface area (Å²) in [6, 6.07) is 13.1. The molecular weight excluding hydrogens is 567 g/mol. The molecule has 7 heteroatoms. The number of nitriles is 1. The predicted octanol–water partition coefficient (Wildman–Crippen LogP) is 5.58. The summed E-state index contributed by atoms with van der Waals surface area (Å²) in [6.07, 6.45) is 10.9. The zero-order valence-electron chi connectivity index (χ0n) is 15.9. The molecule has 0 amide bonds. The average Bonchev–Trinajstić information content (AvgIpc) is 2.81. The average molecular weight is 579 g/mol. The van der Waals surface area contributed by atoms with E-state index in [1.165, 1.54) is 0 Å². The van der Waals surface area contributed by atoms with Crippen molar-refractivity contribution in [2.45, 2.75) is 0 Å². The second-order valence-electron chi connectivity index (χ2n) is 6.58. The number of nitrogens with zero attached hydrogens (tertiary/aromatic N) is 6. The molecule has 3 aliphatic rings. The molecule has 0 fully saturated rings. The Hall–Kier alpha value is -3.99. The van der Waals surface area contributed by atoms with Gasteiger partial charge in [0, 0.05) is 11.4 Å². The van der Waals surface area contributed by atoms with Crippen LogP contribution in [0, 0.1) is 17.9 Å². The first-order valence-corrected chi connectivity index (χ1v) is 9.19. The van der Waals surface area contributed by atoms with E-state index in [4.69, 9.17) is 6.57 Å². The van der Waals surface area contributed by atoms with Crippen molar-refractivity contribution >= 4 is 22.7 Å². The molecule has 31 heavy (non-hydrogen) atoms. The first kappa shape index (κ1) is 20.3. The van der Waals surface area contributed by atoms with Crippen molar-refractivity contribution in [1.29, 1.82) is 5.26 Å². The van der Waals surface area contributed by atoms with Crippen molar-refractivity contribution in [3.05, 3.63) is 129 Å². The molecule has 0 aliphatic carbocycles. The topological polar surface area (TPSA) is 82.1 Å². The fourth-order valence-corrected chi connectivity index (χ4v) is 3.34. The molecule has 0 aromatic carbocycles. The van der Waals surface area contributed by atoms with Gasteiger partial charge in [0.2, 0.25) is 0 Å². The van der Waals surface area contributed by atoms with Crippen LogP contribution in [0.1, 0.15) is 22.8 Å². The van der Waals surface area contributed by atoms with Crippen molar-refractivity contribution in [1.82, 2.24) is 9.97 Å². The molecule has 6 nitrogen and oxygen atoms in total. The molecule has 0 N–H and O–H groups in total. The molecule has 0 saturated carbocycles. The van der Waals surface area contributed by atoms with Crippen LogP contribution in [-0.2, 0) is 21.1 Å². The van der Waals surface area contributed by atoms with E-state index in [-0.39, 0.29) is 21.1 Å². The Labute approximate surface area is 193 Å². The Kier molecular flexibility index (Phi) is 5.50. The maximum absolute atomic E-state index is 9.84. The quantitative estimate of drug-likeness (QED) is 0.383. The zero-order chi connectivity index (χ0) is 20.5. The number of allylic oxidation sites excluding steroid dienone is 7. The number of fused-ring (bicyclic) bond motifs is 10. The molecule has 5 heterocycles. The molecule has 0 saturated heterocycles. The molecule has 5 rings (SSSR count). The van der Waals surface area contributed by atoms with Crippen LogP contribution in [0.3, 0.4) is 0 Å². The van der Waals surface area contributed by atoms with Gasteiger partial charge in [-0.05, 0) is 24.3 Å². The van der Waals surface area contributed by atoms with E-state index in [0.29, 0.717) is 56.8 Å². The number of hydrogen-bond acceptors (Lipinski definition) is 3. The van der Waals surface area contributed by atoms with Crippen LogP contribution in [0.15, 0.2) is 84.2 Å². The largest absolute Gasteiger partial charge is 2.00 e. The van der Waals surface area contributed by atoms with Crippen molar-refractivity contribution in [2.24, 2.45) is 0 Å². The van der Waals surface area contributed by atoms with Gasteiger partial charge in [-0.3, -0.25) is 4.98 Å². The molecule has 2 aromatic rings. The molecule has 8 bridgehead atoms. The molecule has 3 aliphatic heterocycles. The van der Waals surface area contributed by atoms with Crippen LogP contribution in [0.25, 0.3) is 38.1 Å². The zero-order valence-corrected chi connectivity index (χ0v) is 18.2. The summed E-state index contributed by atoms with van der Waals surface area (Å²) in [5.74, 6) is 0.